The van der Waals surface area contributed by atoms with Crippen molar-refractivity contribution in [2.75, 3.05) is 19.6 Å². The van der Waals surface area contributed by atoms with Gasteiger partial charge < -0.3 is 15.5 Å². The highest BCUT2D eigenvalue weighted by Gasteiger charge is 2.19. The van der Waals surface area contributed by atoms with E-state index >= 15 is 0 Å². The molecule has 94 valence electrons. The Morgan fingerprint density at radius 3 is 2.75 bits per heavy atom. The molecule has 1 heterocycles. The summed E-state index contributed by atoms with van der Waals surface area (Å²) in [5.41, 5.74) is 0. The lowest BCUT2D eigenvalue weighted by Crippen LogP contribution is -2.49. The molecule has 1 atom stereocenters. The van der Waals surface area contributed by atoms with Gasteiger partial charge in [-0.15, -0.1) is 0 Å². The maximum atomic E-state index is 11.8. The van der Waals surface area contributed by atoms with Crippen LogP contribution in [-0.2, 0) is 0 Å². The minimum Gasteiger partial charge on any atom is -0.336 e. The number of carbonyl (C=O) groups is 1. The van der Waals surface area contributed by atoms with Crippen LogP contribution in [-0.4, -0.2) is 42.6 Å². The monoisotopic (exact) mass is 227 g/mol. The van der Waals surface area contributed by atoms with Gasteiger partial charge in [0.05, 0.1) is 0 Å². The molecule has 0 radical (unpaired) electrons. The van der Waals surface area contributed by atoms with Gasteiger partial charge in [-0.2, -0.15) is 0 Å². The first-order valence-corrected chi connectivity index (χ1v) is 6.42. The summed E-state index contributed by atoms with van der Waals surface area (Å²) in [5, 5.41) is 6.41. The van der Waals surface area contributed by atoms with Crippen molar-refractivity contribution in [2.24, 2.45) is 0 Å². The van der Waals surface area contributed by atoms with Crippen molar-refractivity contribution in [3.05, 3.63) is 0 Å². The molecule has 1 aliphatic heterocycles. The summed E-state index contributed by atoms with van der Waals surface area (Å²) < 4.78 is 0. The summed E-state index contributed by atoms with van der Waals surface area (Å²) in [5.74, 6) is 0. The number of rotatable bonds is 4. The second-order valence-electron chi connectivity index (χ2n) is 4.79. The number of nitrogens with zero attached hydrogens (tertiary/aromatic N) is 1. The smallest absolute Gasteiger partial charge is 0.317 e. The van der Waals surface area contributed by atoms with Crippen LogP contribution in [0.2, 0.25) is 0 Å². The van der Waals surface area contributed by atoms with Gasteiger partial charge in [0.15, 0.2) is 0 Å². The first-order chi connectivity index (χ1) is 7.63. The number of nitrogens with one attached hydrogen (secondary N) is 2. The van der Waals surface area contributed by atoms with E-state index in [-0.39, 0.29) is 12.1 Å². The van der Waals surface area contributed by atoms with Gasteiger partial charge in [0.2, 0.25) is 0 Å². The van der Waals surface area contributed by atoms with Crippen molar-refractivity contribution in [1.82, 2.24) is 15.5 Å². The quantitative estimate of drug-likeness (QED) is 0.765. The van der Waals surface area contributed by atoms with Crippen LogP contribution in [0.15, 0.2) is 0 Å². The maximum absolute atomic E-state index is 11.8. The first kappa shape index (κ1) is 13.3. The fraction of sp³-hybridized carbons (Fsp3) is 0.917. The summed E-state index contributed by atoms with van der Waals surface area (Å²) in [4.78, 5) is 13.7. The van der Waals surface area contributed by atoms with Gasteiger partial charge in [-0.3, -0.25) is 0 Å². The zero-order chi connectivity index (χ0) is 12.0. The van der Waals surface area contributed by atoms with E-state index in [2.05, 4.69) is 10.6 Å². The van der Waals surface area contributed by atoms with Crippen LogP contribution in [0, 0.1) is 0 Å². The molecule has 1 unspecified atom stereocenters. The predicted octanol–water partition coefficient (Wildman–Crippen LogP) is 1.57. The van der Waals surface area contributed by atoms with Gasteiger partial charge >= 0.3 is 6.03 Å². The number of hydrogen-bond donors (Lipinski definition) is 2. The summed E-state index contributed by atoms with van der Waals surface area (Å²) in [6.07, 6.45) is 3.73. The van der Waals surface area contributed by atoms with Crippen LogP contribution in [0.1, 0.15) is 40.0 Å². The van der Waals surface area contributed by atoms with Crippen LogP contribution < -0.4 is 10.6 Å². The van der Waals surface area contributed by atoms with Gasteiger partial charge in [0, 0.05) is 25.2 Å². The molecule has 2 N–H and O–H groups in total. The van der Waals surface area contributed by atoms with E-state index in [4.69, 9.17) is 0 Å². The van der Waals surface area contributed by atoms with Crippen molar-refractivity contribution >= 4 is 6.03 Å². The molecule has 1 rings (SSSR count). The molecule has 0 aliphatic carbocycles. The van der Waals surface area contributed by atoms with Crippen LogP contribution in [0.5, 0.6) is 0 Å². The zero-order valence-corrected chi connectivity index (χ0v) is 10.8. The Morgan fingerprint density at radius 2 is 2.25 bits per heavy atom. The molecule has 0 aromatic heterocycles. The molecular weight excluding hydrogens is 202 g/mol. The third-order valence-electron chi connectivity index (χ3n) is 2.93. The van der Waals surface area contributed by atoms with Gasteiger partial charge in [0.25, 0.3) is 0 Å². The van der Waals surface area contributed by atoms with Crippen LogP contribution in [0.4, 0.5) is 4.79 Å². The zero-order valence-electron chi connectivity index (χ0n) is 10.8. The summed E-state index contributed by atoms with van der Waals surface area (Å²) in [7, 11) is 0. The minimum absolute atomic E-state index is 0.0601. The summed E-state index contributed by atoms with van der Waals surface area (Å²) in [6.45, 7) is 8.71. The molecule has 0 bridgehead atoms. The molecule has 0 aromatic carbocycles. The minimum atomic E-state index is 0.0601. The number of urea groups is 1. The molecule has 0 saturated carbocycles. The number of hydrogen-bond acceptors (Lipinski definition) is 2. The average Bonchev–Trinajstić information content (AvgIpc) is 2.26. The Hall–Kier alpha value is -0.770. The molecule has 4 nitrogen and oxygen atoms in total. The third kappa shape index (κ3) is 4.39. The fourth-order valence-electron chi connectivity index (χ4n) is 2.04. The van der Waals surface area contributed by atoms with Crippen LogP contribution in [0.3, 0.4) is 0 Å². The second-order valence-corrected chi connectivity index (χ2v) is 4.79. The Labute approximate surface area is 98.8 Å². The Balaban J connectivity index is 2.37. The molecule has 0 aromatic rings. The second kappa shape index (κ2) is 6.74. The maximum Gasteiger partial charge on any atom is 0.317 e. The third-order valence-corrected chi connectivity index (χ3v) is 2.93. The van der Waals surface area contributed by atoms with Gasteiger partial charge in [0.1, 0.15) is 0 Å². The highest BCUT2D eigenvalue weighted by Crippen LogP contribution is 2.08. The van der Waals surface area contributed by atoms with E-state index in [1.165, 1.54) is 19.3 Å². The van der Waals surface area contributed by atoms with E-state index < -0.39 is 0 Å². The Bertz CT molecular complexity index is 212. The van der Waals surface area contributed by atoms with Crippen molar-refractivity contribution in [1.29, 1.82) is 0 Å². The SMILES string of the molecule is CCN(CC1CCCCN1)C(=O)NC(C)C. The number of carbonyl (C=O) groups excluding carboxylic acids is 1. The average molecular weight is 227 g/mol. The molecule has 4 heteroatoms. The topological polar surface area (TPSA) is 44.4 Å². The summed E-state index contributed by atoms with van der Waals surface area (Å²) in [6, 6.07) is 0.748. The van der Waals surface area contributed by atoms with E-state index in [0.717, 1.165) is 19.6 Å². The van der Waals surface area contributed by atoms with E-state index in [0.29, 0.717) is 6.04 Å². The fourth-order valence-corrected chi connectivity index (χ4v) is 2.04. The normalized spacial score (nSPS) is 20.9. The van der Waals surface area contributed by atoms with E-state index in [9.17, 15) is 4.79 Å². The molecule has 16 heavy (non-hydrogen) atoms. The van der Waals surface area contributed by atoms with Crippen molar-refractivity contribution in [3.63, 3.8) is 0 Å². The number of piperidine rings is 1. The predicted molar refractivity (Wildman–Crippen MR) is 66.6 cm³/mol. The van der Waals surface area contributed by atoms with Crippen LogP contribution >= 0.6 is 0 Å². The Morgan fingerprint density at radius 1 is 1.50 bits per heavy atom. The van der Waals surface area contributed by atoms with Gasteiger partial charge in [-0.05, 0) is 40.2 Å². The number of likely N-dealkylation sites (N-methyl/N-ethyl adjacent to an activating group) is 1. The molecule has 2 amide bonds. The lowest BCUT2D eigenvalue weighted by atomic mass is 10.0. The Kier molecular flexibility index (Phi) is 5.60. The summed E-state index contributed by atoms with van der Waals surface area (Å²) >= 11 is 0. The molecule has 1 aliphatic rings. The lowest BCUT2D eigenvalue weighted by molar-refractivity contribution is 0.187. The molecule has 0 spiro atoms. The highest BCUT2D eigenvalue weighted by molar-refractivity contribution is 5.74. The molecular formula is C12H25N3O. The highest BCUT2D eigenvalue weighted by atomic mass is 16.2. The molecule has 1 fully saturated rings. The van der Waals surface area contributed by atoms with Gasteiger partial charge in [-0.1, -0.05) is 6.42 Å². The van der Waals surface area contributed by atoms with Crippen molar-refractivity contribution in [2.45, 2.75) is 52.1 Å². The van der Waals surface area contributed by atoms with Crippen LogP contribution in [0.25, 0.3) is 0 Å². The lowest BCUT2D eigenvalue weighted by Gasteiger charge is -2.30. The van der Waals surface area contributed by atoms with E-state index in [1.807, 2.05) is 25.7 Å². The van der Waals surface area contributed by atoms with E-state index in [1.54, 1.807) is 0 Å². The van der Waals surface area contributed by atoms with Gasteiger partial charge in [-0.25, -0.2) is 4.79 Å². The van der Waals surface area contributed by atoms with Crippen molar-refractivity contribution < 1.29 is 4.79 Å². The molecule has 1 saturated heterocycles. The standard InChI is InChI=1S/C12H25N3O/c1-4-15(12(16)14-10(2)3)9-11-7-5-6-8-13-11/h10-11,13H,4-9H2,1-3H3,(H,14,16). The first-order valence-electron chi connectivity index (χ1n) is 6.42. The largest absolute Gasteiger partial charge is 0.336 e. The number of amides is 2. The van der Waals surface area contributed by atoms with Crippen molar-refractivity contribution in [3.8, 4) is 0 Å².